The monoisotopic (exact) mass is 340 g/mol. The van der Waals surface area contributed by atoms with E-state index in [0.717, 1.165) is 0 Å². The molecule has 2 aromatic rings. The number of nitrogens with two attached hydrogens (primary N) is 2. The molecular weight excluding hydrogens is 326 g/mol. The molecule has 0 bridgehead atoms. The first-order valence-corrected chi connectivity index (χ1v) is 6.82. The van der Waals surface area contributed by atoms with Crippen molar-refractivity contribution in [2.75, 3.05) is 10.6 Å². The van der Waals surface area contributed by atoms with Crippen molar-refractivity contribution in [3.05, 3.63) is 60.2 Å². The lowest BCUT2D eigenvalue weighted by molar-refractivity contribution is 0.628. The van der Waals surface area contributed by atoms with Gasteiger partial charge in [-0.1, -0.05) is 12.1 Å². The average molecular weight is 340 g/mol. The Morgan fingerprint density at radius 2 is 1.14 bits per heavy atom. The zero-order chi connectivity index (χ0) is 16.5. The number of hydrogen-bond acceptors (Lipinski definition) is 2. The minimum Gasteiger partial charge on any atom is -0.376 e. The van der Waals surface area contributed by atoms with Gasteiger partial charge in [0.05, 0.1) is 0 Å². The molecule has 116 valence electrons. The summed E-state index contributed by atoms with van der Waals surface area (Å²) < 4.78 is 25.0. The van der Waals surface area contributed by atoms with Crippen LogP contribution < -0.4 is 22.1 Å². The largest absolute Gasteiger partial charge is 0.376 e. The molecule has 0 amide bonds. The Kier molecular flexibility index (Phi) is 7.14. The molecule has 8 heteroatoms. The van der Waals surface area contributed by atoms with Crippen molar-refractivity contribution in [3.8, 4) is 0 Å². The molecular formula is C14H14F2N4S2. The number of benzene rings is 2. The van der Waals surface area contributed by atoms with Crippen LogP contribution in [0.2, 0.25) is 0 Å². The summed E-state index contributed by atoms with van der Waals surface area (Å²) in [5.74, 6) is -0.627. The second-order valence-electron chi connectivity index (χ2n) is 4.00. The maximum absolute atomic E-state index is 12.5. The summed E-state index contributed by atoms with van der Waals surface area (Å²) >= 11 is 9.13. The third kappa shape index (κ3) is 7.46. The van der Waals surface area contributed by atoms with Crippen molar-refractivity contribution in [1.29, 1.82) is 0 Å². The Morgan fingerprint density at radius 3 is 1.41 bits per heavy atom. The fourth-order valence-electron chi connectivity index (χ4n) is 1.42. The van der Waals surface area contributed by atoms with E-state index in [2.05, 4.69) is 35.1 Å². The van der Waals surface area contributed by atoms with Crippen molar-refractivity contribution >= 4 is 46.0 Å². The van der Waals surface area contributed by atoms with Crippen molar-refractivity contribution < 1.29 is 8.78 Å². The predicted molar refractivity (Wildman–Crippen MR) is 93.6 cm³/mol. The summed E-state index contributed by atoms with van der Waals surface area (Å²) in [6, 6.07) is 11.9. The lowest BCUT2D eigenvalue weighted by atomic mass is 10.3. The molecule has 0 aliphatic rings. The van der Waals surface area contributed by atoms with Gasteiger partial charge in [-0.2, -0.15) is 0 Å². The zero-order valence-electron chi connectivity index (χ0n) is 11.3. The van der Waals surface area contributed by atoms with Gasteiger partial charge in [-0.15, -0.1) is 0 Å². The van der Waals surface area contributed by atoms with E-state index in [-0.39, 0.29) is 21.9 Å². The van der Waals surface area contributed by atoms with Gasteiger partial charge < -0.3 is 22.1 Å². The van der Waals surface area contributed by atoms with Crippen molar-refractivity contribution in [1.82, 2.24) is 0 Å². The van der Waals surface area contributed by atoms with Gasteiger partial charge >= 0.3 is 0 Å². The van der Waals surface area contributed by atoms with Crippen LogP contribution in [-0.4, -0.2) is 10.2 Å². The van der Waals surface area contributed by atoms with Gasteiger partial charge in [0, 0.05) is 11.4 Å². The SMILES string of the molecule is NC(=S)Nc1cccc(F)c1.NC(=S)Nc1cccc(F)c1. The Balaban J connectivity index is 0.000000220. The van der Waals surface area contributed by atoms with Crippen LogP contribution in [0.3, 0.4) is 0 Å². The molecule has 6 N–H and O–H groups in total. The number of thiocarbonyl (C=S) groups is 2. The van der Waals surface area contributed by atoms with E-state index >= 15 is 0 Å². The van der Waals surface area contributed by atoms with Crippen molar-refractivity contribution in [2.24, 2.45) is 11.5 Å². The summed E-state index contributed by atoms with van der Waals surface area (Å²) in [5.41, 5.74) is 11.5. The van der Waals surface area contributed by atoms with Gasteiger partial charge in [0.1, 0.15) is 11.6 Å². The lowest BCUT2D eigenvalue weighted by Gasteiger charge is -2.01. The van der Waals surface area contributed by atoms with Gasteiger partial charge in [0.15, 0.2) is 10.2 Å². The molecule has 0 radical (unpaired) electrons. The summed E-state index contributed by atoms with van der Waals surface area (Å²) in [4.78, 5) is 0. The molecule has 4 nitrogen and oxygen atoms in total. The van der Waals surface area contributed by atoms with Crippen molar-refractivity contribution in [3.63, 3.8) is 0 Å². The van der Waals surface area contributed by atoms with Gasteiger partial charge in [0.2, 0.25) is 0 Å². The molecule has 0 aliphatic carbocycles. The van der Waals surface area contributed by atoms with Gasteiger partial charge in [-0.05, 0) is 60.8 Å². The number of halogens is 2. The molecule has 0 saturated carbocycles. The van der Waals surface area contributed by atoms with E-state index < -0.39 is 0 Å². The molecule has 0 saturated heterocycles. The van der Waals surface area contributed by atoms with E-state index in [4.69, 9.17) is 11.5 Å². The quantitative estimate of drug-likeness (QED) is 0.630. The summed E-state index contributed by atoms with van der Waals surface area (Å²) in [5, 5.41) is 5.50. The minimum atomic E-state index is -0.314. The summed E-state index contributed by atoms with van der Waals surface area (Å²) in [6.45, 7) is 0. The Hall–Kier alpha value is -2.32. The van der Waals surface area contributed by atoms with Crippen LogP contribution in [0.5, 0.6) is 0 Å². The van der Waals surface area contributed by atoms with Crippen LogP contribution in [0.25, 0.3) is 0 Å². The first-order chi connectivity index (χ1) is 10.4. The molecule has 2 rings (SSSR count). The topological polar surface area (TPSA) is 76.1 Å². The Labute approximate surface area is 137 Å². The third-order valence-electron chi connectivity index (χ3n) is 2.18. The Morgan fingerprint density at radius 1 is 0.773 bits per heavy atom. The highest BCUT2D eigenvalue weighted by atomic mass is 32.1. The molecule has 0 spiro atoms. The maximum Gasteiger partial charge on any atom is 0.168 e. The first-order valence-electron chi connectivity index (χ1n) is 6.01. The van der Waals surface area contributed by atoms with Gasteiger partial charge in [-0.3, -0.25) is 0 Å². The molecule has 0 atom stereocenters. The highest BCUT2D eigenvalue weighted by Crippen LogP contribution is 2.08. The summed E-state index contributed by atoms with van der Waals surface area (Å²) in [7, 11) is 0. The predicted octanol–water partition coefficient (Wildman–Crippen LogP) is 2.96. The summed E-state index contributed by atoms with van der Waals surface area (Å²) in [6.07, 6.45) is 0. The van der Waals surface area contributed by atoms with Crippen LogP contribution in [0.1, 0.15) is 0 Å². The first kappa shape index (κ1) is 17.7. The van der Waals surface area contributed by atoms with Crippen molar-refractivity contribution in [2.45, 2.75) is 0 Å². The van der Waals surface area contributed by atoms with Crippen LogP contribution in [0, 0.1) is 11.6 Å². The Bertz CT molecular complexity index is 607. The van der Waals surface area contributed by atoms with Crippen LogP contribution in [0.15, 0.2) is 48.5 Å². The second kappa shape index (κ2) is 8.85. The van der Waals surface area contributed by atoms with E-state index in [1.807, 2.05) is 0 Å². The maximum atomic E-state index is 12.5. The van der Waals surface area contributed by atoms with Crippen LogP contribution in [-0.2, 0) is 0 Å². The number of nitrogens with one attached hydrogen (secondary N) is 2. The number of rotatable bonds is 2. The molecule has 0 heterocycles. The highest BCUT2D eigenvalue weighted by molar-refractivity contribution is 7.80. The van der Waals surface area contributed by atoms with Gasteiger partial charge in [0.25, 0.3) is 0 Å². The van der Waals surface area contributed by atoms with Crippen LogP contribution >= 0.6 is 24.4 Å². The molecule has 2 aromatic carbocycles. The standard InChI is InChI=1S/2C7H7FN2S/c2*8-5-2-1-3-6(4-5)10-7(9)11/h2*1-4H,(H3,9,10,11). The fraction of sp³-hybridized carbons (Fsp3) is 0. The minimum absolute atomic E-state index is 0.135. The smallest absolute Gasteiger partial charge is 0.168 e. The van der Waals surface area contributed by atoms with E-state index in [9.17, 15) is 8.78 Å². The average Bonchev–Trinajstić information content (AvgIpc) is 2.37. The zero-order valence-corrected chi connectivity index (χ0v) is 13.0. The molecule has 0 fully saturated rings. The van der Waals surface area contributed by atoms with Crippen LogP contribution in [0.4, 0.5) is 20.2 Å². The molecule has 0 unspecified atom stereocenters. The normalized spacial score (nSPS) is 9.18. The third-order valence-corrected chi connectivity index (χ3v) is 2.39. The highest BCUT2D eigenvalue weighted by Gasteiger charge is 1.94. The second-order valence-corrected chi connectivity index (χ2v) is 4.88. The number of hydrogen-bond donors (Lipinski definition) is 4. The molecule has 0 aromatic heterocycles. The fourth-order valence-corrected chi connectivity index (χ4v) is 1.65. The molecule has 22 heavy (non-hydrogen) atoms. The van der Waals surface area contributed by atoms with E-state index in [0.29, 0.717) is 11.4 Å². The van der Waals surface area contributed by atoms with E-state index in [1.54, 1.807) is 24.3 Å². The van der Waals surface area contributed by atoms with E-state index in [1.165, 1.54) is 24.3 Å². The van der Waals surface area contributed by atoms with Gasteiger partial charge in [-0.25, -0.2) is 8.78 Å². The number of anilines is 2. The lowest BCUT2D eigenvalue weighted by Crippen LogP contribution is -2.18. The molecule has 0 aliphatic heterocycles.